The standard InChI is InChI=1S/C20H25NO2/c1-4-8-18-15-19(22-3)11-12-20(18)23-14-13-21(2)16-17-9-6-5-7-10-17/h4-7,9-12,15H,1,8,13-14,16H2,2-3H3/p+1. The first-order valence-electron chi connectivity index (χ1n) is 7.98. The van der Waals surface area contributed by atoms with Crippen molar-refractivity contribution in [1.29, 1.82) is 0 Å². The van der Waals surface area contributed by atoms with E-state index in [-0.39, 0.29) is 0 Å². The van der Waals surface area contributed by atoms with Gasteiger partial charge in [0.15, 0.2) is 0 Å². The number of hydrogen-bond donors (Lipinski definition) is 1. The fourth-order valence-electron chi connectivity index (χ4n) is 2.51. The lowest BCUT2D eigenvalue weighted by Gasteiger charge is -2.16. The molecule has 2 aromatic rings. The summed E-state index contributed by atoms with van der Waals surface area (Å²) in [6.45, 7) is 6.46. The smallest absolute Gasteiger partial charge is 0.137 e. The Morgan fingerprint density at radius 2 is 1.91 bits per heavy atom. The molecule has 122 valence electrons. The third-order valence-corrected chi connectivity index (χ3v) is 3.77. The summed E-state index contributed by atoms with van der Waals surface area (Å²) in [5, 5.41) is 0. The summed E-state index contributed by atoms with van der Waals surface area (Å²) in [5.74, 6) is 1.76. The molecule has 0 fully saturated rings. The van der Waals surface area contributed by atoms with Gasteiger partial charge in [-0.2, -0.15) is 0 Å². The molecule has 0 saturated carbocycles. The molecule has 1 atom stereocenters. The van der Waals surface area contributed by atoms with E-state index in [1.165, 1.54) is 10.5 Å². The maximum atomic E-state index is 5.97. The van der Waals surface area contributed by atoms with Crippen molar-refractivity contribution in [3.63, 3.8) is 0 Å². The second kappa shape index (κ2) is 9.01. The Morgan fingerprint density at radius 3 is 2.61 bits per heavy atom. The van der Waals surface area contributed by atoms with Gasteiger partial charge in [-0.1, -0.05) is 36.4 Å². The molecule has 0 aliphatic carbocycles. The molecule has 1 N–H and O–H groups in total. The summed E-state index contributed by atoms with van der Waals surface area (Å²) in [6.07, 6.45) is 2.66. The second-order valence-electron chi connectivity index (χ2n) is 5.68. The van der Waals surface area contributed by atoms with Gasteiger partial charge in [0.2, 0.25) is 0 Å². The molecular weight excluding hydrogens is 286 g/mol. The van der Waals surface area contributed by atoms with Crippen LogP contribution in [0.3, 0.4) is 0 Å². The van der Waals surface area contributed by atoms with E-state index in [1.807, 2.05) is 30.3 Å². The topological polar surface area (TPSA) is 22.9 Å². The van der Waals surface area contributed by atoms with Crippen molar-refractivity contribution in [2.24, 2.45) is 0 Å². The van der Waals surface area contributed by atoms with Crippen molar-refractivity contribution in [3.05, 3.63) is 72.3 Å². The molecule has 2 rings (SSSR count). The summed E-state index contributed by atoms with van der Waals surface area (Å²) >= 11 is 0. The molecule has 0 radical (unpaired) electrons. The number of ether oxygens (including phenoxy) is 2. The predicted molar refractivity (Wildman–Crippen MR) is 94.3 cm³/mol. The Hall–Kier alpha value is -2.26. The molecule has 2 aromatic carbocycles. The van der Waals surface area contributed by atoms with Gasteiger partial charge in [0.25, 0.3) is 0 Å². The maximum absolute atomic E-state index is 5.97. The molecule has 0 heterocycles. The molecule has 0 amide bonds. The van der Waals surface area contributed by atoms with Crippen LogP contribution in [0.15, 0.2) is 61.2 Å². The van der Waals surface area contributed by atoms with Crippen molar-refractivity contribution in [2.75, 3.05) is 27.3 Å². The Labute approximate surface area is 139 Å². The third kappa shape index (κ3) is 5.46. The Balaban J connectivity index is 1.86. The van der Waals surface area contributed by atoms with Crippen molar-refractivity contribution >= 4 is 0 Å². The van der Waals surface area contributed by atoms with Gasteiger partial charge in [0, 0.05) is 11.1 Å². The van der Waals surface area contributed by atoms with Crippen molar-refractivity contribution < 1.29 is 14.4 Å². The highest BCUT2D eigenvalue weighted by atomic mass is 16.5. The first-order valence-corrected chi connectivity index (χ1v) is 7.98. The monoisotopic (exact) mass is 312 g/mol. The Bertz CT molecular complexity index is 610. The van der Waals surface area contributed by atoms with Gasteiger partial charge in [-0.05, 0) is 24.6 Å². The zero-order chi connectivity index (χ0) is 16.5. The highest BCUT2D eigenvalue weighted by Gasteiger charge is 2.07. The molecule has 0 aliphatic rings. The number of likely N-dealkylation sites (N-methyl/N-ethyl adjacent to an activating group) is 1. The van der Waals surface area contributed by atoms with Gasteiger partial charge < -0.3 is 14.4 Å². The summed E-state index contributed by atoms with van der Waals surface area (Å²) < 4.78 is 11.2. The average molecular weight is 312 g/mol. The summed E-state index contributed by atoms with van der Waals surface area (Å²) in [7, 11) is 3.87. The minimum atomic E-state index is 0.690. The largest absolute Gasteiger partial charge is 0.497 e. The van der Waals surface area contributed by atoms with Crippen LogP contribution in [0.2, 0.25) is 0 Å². The molecule has 0 aromatic heterocycles. The fourth-order valence-corrected chi connectivity index (χ4v) is 2.51. The van der Waals surface area contributed by atoms with E-state index in [4.69, 9.17) is 9.47 Å². The molecule has 23 heavy (non-hydrogen) atoms. The minimum absolute atomic E-state index is 0.690. The highest BCUT2D eigenvalue weighted by molar-refractivity contribution is 5.41. The van der Waals surface area contributed by atoms with E-state index in [2.05, 4.69) is 37.9 Å². The molecule has 3 heteroatoms. The van der Waals surface area contributed by atoms with Crippen LogP contribution in [0, 0.1) is 0 Å². The van der Waals surface area contributed by atoms with Crippen LogP contribution in [-0.2, 0) is 13.0 Å². The summed E-state index contributed by atoms with van der Waals surface area (Å²) in [5.41, 5.74) is 2.46. The van der Waals surface area contributed by atoms with Gasteiger partial charge >= 0.3 is 0 Å². The SMILES string of the molecule is C=CCc1cc(OC)ccc1OCC[NH+](C)Cc1ccccc1. The lowest BCUT2D eigenvalue weighted by molar-refractivity contribution is -0.893. The minimum Gasteiger partial charge on any atom is -0.497 e. The highest BCUT2D eigenvalue weighted by Crippen LogP contribution is 2.24. The predicted octanol–water partition coefficient (Wildman–Crippen LogP) is 2.52. The van der Waals surface area contributed by atoms with Crippen LogP contribution in [-0.4, -0.2) is 27.3 Å². The van der Waals surface area contributed by atoms with E-state index >= 15 is 0 Å². The zero-order valence-electron chi connectivity index (χ0n) is 14.0. The number of quaternary nitrogens is 1. The van der Waals surface area contributed by atoms with Crippen LogP contribution < -0.4 is 14.4 Å². The van der Waals surface area contributed by atoms with Crippen LogP contribution in [0.1, 0.15) is 11.1 Å². The number of rotatable bonds is 9. The van der Waals surface area contributed by atoms with E-state index in [0.717, 1.165) is 36.6 Å². The number of methoxy groups -OCH3 is 1. The molecule has 3 nitrogen and oxygen atoms in total. The van der Waals surface area contributed by atoms with Gasteiger partial charge in [-0.25, -0.2) is 0 Å². The quantitative estimate of drug-likeness (QED) is 0.719. The van der Waals surface area contributed by atoms with Crippen LogP contribution in [0.5, 0.6) is 11.5 Å². The van der Waals surface area contributed by atoms with E-state index in [1.54, 1.807) is 7.11 Å². The molecular formula is C20H26NO2+. The maximum Gasteiger partial charge on any atom is 0.137 e. The van der Waals surface area contributed by atoms with Crippen molar-refractivity contribution in [1.82, 2.24) is 0 Å². The first-order chi connectivity index (χ1) is 11.2. The van der Waals surface area contributed by atoms with Gasteiger partial charge in [0.1, 0.15) is 31.2 Å². The number of hydrogen-bond acceptors (Lipinski definition) is 2. The molecule has 1 unspecified atom stereocenters. The number of nitrogens with one attached hydrogen (secondary N) is 1. The first kappa shape index (κ1) is 17.1. The Morgan fingerprint density at radius 1 is 1.13 bits per heavy atom. The van der Waals surface area contributed by atoms with Crippen LogP contribution >= 0.6 is 0 Å². The van der Waals surface area contributed by atoms with Crippen LogP contribution in [0.4, 0.5) is 0 Å². The summed E-state index contributed by atoms with van der Waals surface area (Å²) in [4.78, 5) is 1.43. The van der Waals surface area contributed by atoms with E-state index in [0.29, 0.717) is 6.61 Å². The van der Waals surface area contributed by atoms with Gasteiger partial charge in [-0.3, -0.25) is 0 Å². The van der Waals surface area contributed by atoms with Crippen molar-refractivity contribution in [2.45, 2.75) is 13.0 Å². The van der Waals surface area contributed by atoms with Crippen molar-refractivity contribution in [3.8, 4) is 11.5 Å². The number of allylic oxidation sites excluding steroid dienone is 1. The zero-order valence-corrected chi connectivity index (χ0v) is 14.0. The molecule has 0 bridgehead atoms. The molecule has 0 aliphatic heterocycles. The fraction of sp³-hybridized carbons (Fsp3) is 0.300. The van der Waals surface area contributed by atoms with E-state index < -0.39 is 0 Å². The molecule has 0 spiro atoms. The second-order valence-corrected chi connectivity index (χ2v) is 5.68. The van der Waals surface area contributed by atoms with Gasteiger partial charge in [0.05, 0.1) is 14.2 Å². The normalized spacial score (nSPS) is 11.7. The lowest BCUT2D eigenvalue weighted by Crippen LogP contribution is -3.08. The van der Waals surface area contributed by atoms with E-state index in [9.17, 15) is 0 Å². The number of benzene rings is 2. The average Bonchev–Trinajstić information content (AvgIpc) is 2.57. The third-order valence-electron chi connectivity index (χ3n) is 3.77. The molecule has 0 saturated heterocycles. The van der Waals surface area contributed by atoms with Gasteiger partial charge in [-0.15, -0.1) is 6.58 Å². The summed E-state index contributed by atoms with van der Waals surface area (Å²) in [6, 6.07) is 16.5. The Kier molecular flexibility index (Phi) is 6.70. The lowest BCUT2D eigenvalue weighted by atomic mass is 10.1. The van der Waals surface area contributed by atoms with Crippen LogP contribution in [0.25, 0.3) is 0 Å².